The molecule has 0 bridgehead atoms. The summed E-state index contributed by atoms with van der Waals surface area (Å²) in [6.07, 6.45) is 6.72. The first-order valence-corrected chi connectivity index (χ1v) is 8.42. The van der Waals surface area contributed by atoms with Gasteiger partial charge in [0.2, 0.25) is 0 Å². The molecule has 1 atom stereocenters. The fourth-order valence-corrected chi connectivity index (χ4v) is 3.00. The quantitative estimate of drug-likeness (QED) is 0.526. The van der Waals surface area contributed by atoms with Crippen LogP contribution in [0, 0.1) is 17.0 Å². The summed E-state index contributed by atoms with van der Waals surface area (Å²) < 4.78 is 2.15. The van der Waals surface area contributed by atoms with Gasteiger partial charge >= 0.3 is 0 Å². The van der Waals surface area contributed by atoms with Crippen LogP contribution in [0.5, 0.6) is 0 Å². The first-order chi connectivity index (χ1) is 12.5. The maximum absolute atomic E-state index is 8.36. The van der Waals surface area contributed by atoms with Crippen molar-refractivity contribution in [2.75, 3.05) is 0 Å². The molecule has 7 heteroatoms. The fraction of sp³-hybridized carbons (Fsp3) is 0.211. The minimum Gasteiger partial charge on any atom is -0.337 e. The van der Waals surface area contributed by atoms with E-state index in [9.17, 15) is 0 Å². The monoisotopic (exact) mass is 373 g/mol. The van der Waals surface area contributed by atoms with Gasteiger partial charge in [0, 0.05) is 29.9 Å². The summed E-state index contributed by atoms with van der Waals surface area (Å²) in [5.41, 5.74) is 4.03. The number of hydrogen-bond donors (Lipinski definition) is 1. The largest absolute Gasteiger partial charge is 0.337 e. The van der Waals surface area contributed by atoms with Gasteiger partial charge in [0.15, 0.2) is 0 Å². The molecule has 0 spiro atoms. The molecule has 1 heterocycles. The zero-order valence-corrected chi connectivity index (χ0v) is 15.1. The molecular formula is C19H20ClN3O3. The van der Waals surface area contributed by atoms with Crippen molar-refractivity contribution in [3.63, 3.8) is 0 Å². The fourth-order valence-electron chi connectivity index (χ4n) is 2.87. The van der Waals surface area contributed by atoms with Gasteiger partial charge in [-0.15, -0.1) is 10.1 Å². The Morgan fingerprint density at radius 1 is 1.23 bits per heavy atom. The van der Waals surface area contributed by atoms with Crippen LogP contribution in [0.15, 0.2) is 67.3 Å². The molecule has 136 valence electrons. The van der Waals surface area contributed by atoms with E-state index >= 15 is 0 Å². The van der Waals surface area contributed by atoms with Gasteiger partial charge in [-0.3, -0.25) is 0 Å². The van der Waals surface area contributed by atoms with Crippen LogP contribution in [0.1, 0.15) is 22.6 Å². The molecule has 0 aliphatic rings. The van der Waals surface area contributed by atoms with Crippen LogP contribution in [0.4, 0.5) is 0 Å². The van der Waals surface area contributed by atoms with Gasteiger partial charge in [-0.2, -0.15) is 0 Å². The number of aryl methyl sites for hydroxylation is 1. The first kappa shape index (κ1) is 19.5. The predicted molar refractivity (Wildman–Crippen MR) is 100 cm³/mol. The SMILES string of the molecule is Cc1ccccc1C(Cc1ccc(Cl)cc1)Cn1ccnc1.O=[N+]([O-])O. The van der Waals surface area contributed by atoms with Crippen molar-refractivity contribution < 1.29 is 10.3 Å². The molecule has 1 N–H and O–H groups in total. The second-order valence-corrected chi connectivity index (χ2v) is 6.32. The summed E-state index contributed by atoms with van der Waals surface area (Å²) >= 11 is 5.99. The molecular weight excluding hydrogens is 354 g/mol. The Labute approximate surface area is 156 Å². The highest BCUT2D eigenvalue weighted by molar-refractivity contribution is 6.30. The Morgan fingerprint density at radius 2 is 1.88 bits per heavy atom. The predicted octanol–water partition coefficient (Wildman–Crippen LogP) is 4.52. The van der Waals surface area contributed by atoms with Crippen molar-refractivity contribution in [2.24, 2.45) is 0 Å². The van der Waals surface area contributed by atoms with E-state index in [-0.39, 0.29) is 0 Å². The number of nitrogens with zero attached hydrogens (tertiary/aromatic N) is 3. The average Bonchev–Trinajstić information content (AvgIpc) is 3.09. The number of halogens is 1. The maximum Gasteiger partial charge on any atom is 0.291 e. The van der Waals surface area contributed by atoms with E-state index in [0.717, 1.165) is 18.0 Å². The molecule has 0 fully saturated rings. The van der Waals surface area contributed by atoms with Gasteiger partial charge in [0.1, 0.15) is 0 Å². The van der Waals surface area contributed by atoms with E-state index < -0.39 is 5.09 Å². The lowest BCUT2D eigenvalue weighted by Gasteiger charge is -2.20. The highest BCUT2D eigenvalue weighted by Crippen LogP contribution is 2.26. The van der Waals surface area contributed by atoms with Crippen molar-refractivity contribution >= 4 is 11.6 Å². The van der Waals surface area contributed by atoms with E-state index in [0.29, 0.717) is 5.92 Å². The van der Waals surface area contributed by atoms with Gasteiger partial charge in [-0.25, -0.2) is 4.98 Å². The van der Waals surface area contributed by atoms with Crippen molar-refractivity contribution in [3.05, 3.63) is 99.1 Å². The van der Waals surface area contributed by atoms with Gasteiger partial charge in [-0.05, 0) is 42.2 Å². The lowest BCUT2D eigenvalue weighted by Crippen LogP contribution is -2.12. The first-order valence-electron chi connectivity index (χ1n) is 8.04. The highest BCUT2D eigenvalue weighted by Gasteiger charge is 2.15. The van der Waals surface area contributed by atoms with E-state index in [1.807, 2.05) is 30.9 Å². The smallest absolute Gasteiger partial charge is 0.291 e. The highest BCUT2D eigenvalue weighted by atomic mass is 35.5. The average molecular weight is 374 g/mol. The standard InChI is InChI=1S/C19H19ClN2.HNO3/c1-15-4-2-3-5-19(15)17(13-22-11-10-21-14-22)12-16-6-8-18(20)9-7-16;2-1(3)4/h2-11,14,17H,12-13H2,1H3;(H,2,3,4). The van der Waals surface area contributed by atoms with Crippen molar-refractivity contribution in [1.82, 2.24) is 9.55 Å². The number of benzene rings is 2. The van der Waals surface area contributed by atoms with E-state index in [1.165, 1.54) is 16.7 Å². The Morgan fingerprint density at radius 3 is 2.46 bits per heavy atom. The molecule has 1 unspecified atom stereocenters. The maximum atomic E-state index is 8.36. The van der Waals surface area contributed by atoms with Crippen molar-refractivity contribution in [3.8, 4) is 0 Å². The zero-order valence-electron chi connectivity index (χ0n) is 14.3. The number of imidazole rings is 1. The molecule has 3 aromatic rings. The summed E-state index contributed by atoms with van der Waals surface area (Å²) in [6.45, 7) is 3.10. The molecule has 0 radical (unpaired) electrons. The topological polar surface area (TPSA) is 81.2 Å². The minimum absolute atomic E-state index is 0.413. The van der Waals surface area contributed by atoms with Crippen LogP contribution in [0.3, 0.4) is 0 Å². The summed E-state index contributed by atoms with van der Waals surface area (Å²) in [4.78, 5) is 12.5. The lowest BCUT2D eigenvalue weighted by molar-refractivity contribution is -0.742. The molecule has 2 aromatic carbocycles. The molecule has 0 amide bonds. The molecule has 0 saturated heterocycles. The normalized spacial score (nSPS) is 11.3. The number of hydrogen-bond acceptors (Lipinski definition) is 3. The van der Waals surface area contributed by atoms with Crippen molar-refractivity contribution in [2.45, 2.75) is 25.8 Å². The Hall–Kier alpha value is -2.86. The lowest BCUT2D eigenvalue weighted by atomic mass is 9.89. The van der Waals surface area contributed by atoms with Crippen LogP contribution in [-0.4, -0.2) is 19.8 Å². The van der Waals surface area contributed by atoms with Gasteiger partial charge in [-0.1, -0.05) is 48.0 Å². The zero-order chi connectivity index (χ0) is 18.9. The van der Waals surface area contributed by atoms with Crippen molar-refractivity contribution in [1.29, 1.82) is 0 Å². The third-order valence-corrected chi connectivity index (χ3v) is 4.27. The van der Waals surface area contributed by atoms with Crippen LogP contribution in [0.2, 0.25) is 5.02 Å². The molecule has 6 nitrogen and oxygen atoms in total. The van der Waals surface area contributed by atoms with Crippen LogP contribution < -0.4 is 0 Å². The second-order valence-electron chi connectivity index (χ2n) is 5.88. The summed E-state index contributed by atoms with van der Waals surface area (Å²) in [7, 11) is 0. The Kier molecular flexibility index (Phi) is 7.17. The van der Waals surface area contributed by atoms with E-state index in [1.54, 1.807) is 0 Å². The van der Waals surface area contributed by atoms with Gasteiger partial charge in [0.05, 0.1) is 6.33 Å². The van der Waals surface area contributed by atoms with Crippen LogP contribution >= 0.6 is 11.6 Å². The number of aromatic nitrogens is 2. The molecule has 0 saturated carbocycles. The van der Waals surface area contributed by atoms with Gasteiger partial charge in [0.25, 0.3) is 5.09 Å². The Balaban J connectivity index is 0.000000552. The second kappa shape index (κ2) is 9.58. The van der Waals surface area contributed by atoms with Crippen LogP contribution in [-0.2, 0) is 13.0 Å². The van der Waals surface area contributed by atoms with E-state index in [2.05, 4.69) is 52.9 Å². The summed E-state index contributed by atoms with van der Waals surface area (Å²) in [6, 6.07) is 16.8. The van der Waals surface area contributed by atoms with E-state index in [4.69, 9.17) is 26.9 Å². The molecule has 26 heavy (non-hydrogen) atoms. The molecule has 1 aromatic heterocycles. The molecule has 3 rings (SSSR count). The third kappa shape index (κ3) is 6.22. The summed E-state index contributed by atoms with van der Waals surface area (Å²) in [5.74, 6) is 0.413. The summed E-state index contributed by atoms with van der Waals surface area (Å²) in [5, 5.41) is 14.4. The molecule has 0 aliphatic heterocycles. The Bertz CT molecular complexity index is 816. The number of rotatable bonds is 5. The van der Waals surface area contributed by atoms with Gasteiger partial charge < -0.3 is 9.77 Å². The molecule has 0 aliphatic carbocycles. The minimum atomic E-state index is -1.50. The van der Waals surface area contributed by atoms with Crippen LogP contribution in [0.25, 0.3) is 0 Å². The third-order valence-electron chi connectivity index (χ3n) is 4.01.